The molecule has 118 valence electrons. The highest BCUT2D eigenvalue weighted by Crippen LogP contribution is 2.27. The van der Waals surface area contributed by atoms with E-state index in [2.05, 4.69) is 4.72 Å². The van der Waals surface area contributed by atoms with Crippen LogP contribution in [0.25, 0.3) is 0 Å². The quantitative estimate of drug-likeness (QED) is 0.799. The van der Waals surface area contributed by atoms with Crippen LogP contribution in [0.4, 0.5) is 4.39 Å². The van der Waals surface area contributed by atoms with Crippen LogP contribution < -0.4 is 9.46 Å². The third-order valence-electron chi connectivity index (χ3n) is 2.67. The molecule has 0 aliphatic heterocycles. The standard InChI is InChI=1S/C14H12Cl2FNO3S/c15-10-1-6-14(13(16)9-10)21-8-7-18-22(19,20)12-4-2-11(17)3-5-12/h1-6,9,18H,7-8H2. The molecule has 4 nitrogen and oxygen atoms in total. The molecule has 22 heavy (non-hydrogen) atoms. The summed E-state index contributed by atoms with van der Waals surface area (Å²) in [7, 11) is -3.70. The van der Waals surface area contributed by atoms with Gasteiger partial charge in [-0.25, -0.2) is 17.5 Å². The summed E-state index contributed by atoms with van der Waals surface area (Å²) in [4.78, 5) is -0.0153. The highest BCUT2D eigenvalue weighted by atomic mass is 35.5. The second-order valence-electron chi connectivity index (χ2n) is 4.27. The molecule has 0 atom stereocenters. The molecule has 8 heteroatoms. The molecule has 0 aromatic heterocycles. The Bertz CT molecular complexity index is 751. The topological polar surface area (TPSA) is 55.4 Å². The molecular weight excluding hydrogens is 352 g/mol. The Labute approximate surface area is 137 Å². The normalized spacial score (nSPS) is 11.4. The minimum Gasteiger partial charge on any atom is -0.491 e. The van der Waals surface area contributed by atoms with Gasteiger partial charge in [-0.1, -0.05) is 23.2 Å². The lowest BCUT2D eigenvalue weighted by atomic mass is 10.3. The first kappa shape index (κ1) is 17.0. The number of hydrogen-bond acceptors (Lipinski definition) is 3. The second-order valence-corrected chi connectivity index (χ2v) is 6.89. The first-order valence-corrected chi connectivity index (χ1v) is 8.45. The van der Waals surface area contributed by atoms with Gasteiger partial charge in [0.25, 0.3) is 0 Å². The fraction of sp³-hybridized carbons (Fsp3) is 0.143. The molecule has 0 bridgehead atoms. The second kappa shape index (κ2) is 7.28. The van der Waals surface area contributed by atoms with Crippen molar-refractivity contribution in [1.29, 1.82) is 0 Å². The minimum absolute atomic E-state index is 0.0153. The van der Waals surface area contributed by atoms with E-state index in [0.29, 0.717) is 15.8 Å². The molecule has 0 aliphatic rings. The van der Waals surface area contributed by atoms with Crippen molar-refractivity contribution in [2.24, 2.45) is 0 Å². The predicted octanol–water partition coefficient (Wildman–Crippen LogP) is 3.49. The van der Waals surface area contributed by atoms with Crippen molar-refractivity contribution in [2.75, 3.05) is 13.2 Å². The number of sulfonamides is 1. The zero-order valence-corrected chi connectivity index (χ0v) is 13.6. The molecule has 0 spiro atoms. The van der Waals surface area contributed by atoms with Gasteiger partial charge in [0.2, 0.25) is 10.0 Å². The molecule has 0 unspecified atom stereocenters. The highest BCUT2D eigenvalue weighted by Gasteiger charge is 2.13. The Hall–Kier alpha value is -1.34. The smallest absolute Gasteiger partial charge is 0.240 e. The van der Waals surface area contributed by atoms with Crippen LogP contribution in [0.2, 0.25) is 10.0 Å². The van der Waals surface area contributed by atoms with Crippen LogP contribution in [0.15, 0.2) is 47.4 Å². The van der Waals surface area contributed by atoms with Gasteiger partial charge in [0, 0.05) is 11.6 Å². The average molecular weight is 364 g/mol. The Morgan fingerprint density at radius 1 is 1.09 bits per heavy atom. The molecule has 2 rings (SSSR count). The van der Waals surface area contributed by atoms with E-state index < -0.39 is 15.8 Å². The molecule has 0 saturated carbocycles. The zero-order chi connectivity index (χ0) is 16.2. The van der Waals surface area contributed by atoms with Crippen molar-refractivity contribution in [1.82, 2.24) is 4.72 Å². The van der Waals surface area contributed by atoms with E-state index in [9.17, 15) is 12.8 Å². The minimum atomic E-state index is -3.70. The molecule has 2 aromatic rings. The van der Waals surface area contributed by atoms with E-state index in [1.807, 2.05) is 0 Å². The molecule has 0 heterocycles. The van der Waals surface area contributed by atoms with E-state index in [4.69, 9.17) is 27.9 Å². The fourth-order valence-electron chi connectivity index (χ4n) is 1.63. The summed E-state index contributed by atoms with van der Waals surface area (Å²) in [6.45, 7) is 0.125. The van der Waals surface area contributed by atoms with Crippen LogP contribution >= 0.6 is 23.2 Å². The van der Waals surface area contributed by atoms with E-state index in [1.165, 1.54) is 18.2 Å². The van der Waals surface area contributed by atoms with E-state index in [-0.39, 0.29) is 18.0 Å². The summed E-state index contributed by atoms with van der Waals surface area (Å²) < 4.78 is 44.4. The van der Waals surface area contributed by atoms with Crippen LogP contribution in [0.3, 0.4) is 0 Å². The monoisotopic (exact) mass is 363 g/mol. The first-order chi connectivity index (χ1) is 10.4. The van der Waals surface area contributed by atoms with Gasteiger partial charge >= 0.3 is 0 Å². The lowest BCUT2D eigenvalue weighted by Crippen LogP contribution is -2.28. The van der Waals surface area contributed by atoms with Gasteiger partial charge in [-0.15, -0.1) is 0 Å². The van der Waals surface area contributed by atoms with E-state index >= 15 is 0 Å². The van der Waals surface area contributed by atoms with Gasteiger partial charge in [-0.3, -0.25) is 0 Å². The highest BCUT2D eigenvalue weighted by molar-refractivity contribution is 7.89. The lowest BCUT2D eigenvalue weighted by molar-refractivity contribution is 0.323. The first-order valence-electron chi connectivity index (χ1n) is 6.21. The van der Waals surface area contributed by atoms with Crippen molar-refractivity contribution in [3.63, 3.8) is 0 Å². The number of benzene rings is 2. The number of ether oxygens (including phenoxy) is 1. The van der Waals surface area contributed by atoms with Gasteiger partial charge in [-0.05, 0) is 42.5 Å². The van der Waals surface area contributed by atoms with Crippen LogP contribution in [0.5, 0.6) is 5.75 Å². The summed E-state index contributed by atoms with van der Waals surface area (Å²) in [5.74, 6) is -0.0910. The number of halogens is 3. The summed E-state index contributed by atoms with van der Waals surface area (Å²) >= 11 is 11.7. The molecule has 0 radical (unpaired) electrons. The third-order valence-corrected chi connectivity index (χ3v) is 4.68. The summed E-state index contributed by atoms with van der Waals surface area (Å²) in [6, 6.07) is 9.28. The van der Waals surface area contributed by atoms with Gasteiger partial charge in [-0.2, -0.15) is 0 Å². The maximum atomic E-state index is 12.8. The molecule has 0 aliphatic carbocycles. The molecule has 1 N–H and O–H groups in total. The SMILES string of the molecule is O=S(=O)(NCCOc1ccc(Cl)cc1Cl)c1ccc(F)cc1. The zero-order valence-electron chi connectivity index (χ0n) is 11.2. The molecule has 2 aromatic carbocycles. The Morgan fingerprint density at radius 2 is 1.77 bits per heavy atom. The van der Waals surface area contributed by atoms with Crippen molar-refractivity contribution in [2.45, 2.75) is 4.90 Å². The summed E-state index contributed by atoms with van der Waals surface area (Å²) in [6.07, 6.45) is 0. The molecule has 0 saturated heterocycles. The Balaban J connectivity index is 1.89. The molecular formula is C14H12Cl2FNO3S. The number of nitrogens with one attached hydrogen (secondary N) is 1. The van der Waals surface area contributed by atoms with Gasteiger partial charge in [0.1, 0.15) is 18.2 Å². The third kappa shape index (κ3) is 4.58. The Kier molecular flexibility index (Phi) is 5.63. The van der Waals surface area contributed by atoms with Crippen LogP contribution in [0.1, 0.15) is 0 Å². The van der Waals surface area contributed by atoms with Crippen LogP contribution in [-0.2, 0) is 10.0 Å². The number of rotatable bonds is 6. The fourth-order valence-corrected chi connectivity index (χ4v) is 3.10. The Morgan fingerprint density at radius 3 is 2.41 bits per heavy atom. The van der Waals surface area contributed by atoms with Gasteiger partial charge < -0.3 is 4.74 Å². The molecule has 0 amide bonds. The van der Waals surface area contributed by atoms with Crippen molar-refractivity contribution in [3.8, 4) is 5.75 Å². The summed E-state index contributed by atoms with van der Waals surface area (Å²) in [5, 5.41) is 0.822. The predicted molar refractivity (Wildman–Crippen MR) is 83.5 cm³/mol. The van der Waals surface area contributed by atoms with E-state index in [0.717, 1.165) is 12.1 Å². The van der Waals surface area contributed by atoms with Gasteiger partial charge in [0.15, 0.2) is 0 Å². The van der Waals surface area contributed by atoms with Crippen molar-refractivity contribution >= 4 is 33.2 Å². The number of hydrogen-bond donors (Lipinski definition) is 1. The maximum Gasteiger partial charge on any atom is 0.240 e. The van der Waals surface area contributed by atoms with Crippen molar-refractivity contribution in [3.05, 3.63) is 58.3 Å². The van der Waals surface area contributed by atoms with Crippen molar-refractivity contribution < 1.29 is 17.5 Å². The van der Waals surface area contributed by atoms with Gasteiger partial charge in [0.05, 0.1) is 9.92 Å². The van der Waals surface area contributed by atoms with Crippen LogP contribution in [-0.4, -0.2) is 21.6 Å². The largest absolute Gasteiger partial charge is 0.491 e. The molecule has 0 fully saturated rings. The van der Waals surface area contributed by atoms with Crippen LogP contribution in [0, 0.1) is 5.82 Å². The summed E-state index contributed by atoms with van der Waals surface area (Å²) in [5.41, 5.74) is 0. The van der Waals surface area contributed by atoms with E-state index in [1.54, 1.807) is 12.1 Å². The average Bonchev–Trinajstić information content (AvgIpc) is 2.46. The lowest BCUT2D eigenvalue weighted by Gasteiger charge is -2.10. The maximum absolute atomic E-state index is 12.8.